The summed E-state index contributed by atoms with van der Waals surface area (Å²) in [5.41, 5.74) is 1.16. The lowest BCUT2D eigenvalue weighted by atomic mass is 10.2. The number of nitrogens with one attached hydrogen (secondary N) is 2. The second kappa shape index (κ2) is 10.3. The van der Waals surface area contributed by atoms with Gasteiger partial charge in [-0.2, -0.15) is 0 Å². The van der Waals surface area contributed by atoms with Crippen molar-refractivity contribution in [2.24, 2.45) is 0 Å². The monoisotopic (exact) mass is 387 g/mol. The highest BCUT2D eigenvalue weighted by Crippen LogP contribution is 2.14. The fourth-order valence-corrected chi connectivity index (χ4v) is 2.58. The number of halogens is 1. The molecule has 2 rings (SSSR count). The van der Waals surface area contributed by atoms with E-state index < -0.39 is 0 Å². The standard InChI is InChI=1S/C20H22ClN3O3/c1-24(14-18(25)23-17-10-5-9-16(21)13-17)19(26)11-6-12-22-20(27)15-7-3-2-4-8-15/h2-5,7-10,13H,6,11-12,14H2,1H3,(H,22,27)(H,23,25). The van der Waals surface area contributed by atoms with E-state index in [9.17, 15) is 14.4 Å². The van der Waals surface area contributed by atoms with Crippen LogP contribution in [0.2, 0.25) is 5.02 Å². The number of hydrogen-bond donors (Lipinski definition) is 2. The Morgan fingerprint density at radius 3 is 2.48 bits per heavy atom. The largest absolute Gasteiger partial charge is 0.352 e. The molecule has 0 aliphatic heterocycles. The molecule has 0 atom stereocenters. The van der Waals surface area contributed by atoms with Gasteiger partial charge in [-0.25, -0.2) is 0 Å². The molecule has 142 valence electrons. The van der Waals surface area contributed by atoms with E-state index in [2.05, 4.69) is 10.6 Å². The quantitative estimate of drug-likeness (QED) is 0.683. The van der Waals surface area contributed by atoms with Gasteiger partial charge in [0.1, 0.15) is 0 Å². The molecule has 2 N–H and O–H groups in total. The Balaban J connectivity index is 1.67. The van der Waals surface area contributed by atoms with Gasteiger partial charge in [0.05, 0.1) is 6.54 Å². The van der Waals surface area contributed by atoms with Crippen molar-refractivity contribution >= 4 is 35.0 Å². The Labute approximate surface area is 163 Å². The first-order chi connectivity index (χ1) is 13.0. The van der Waals surface area contributed by atoms with Crippen LogP contribution < -0.4 is 10.6 Å². The highest BCUT2D eigenvalue weighted by atomic mass is 35.5. The molecule has 2 aromatic carbocycles. The highest BCUT2D eigenvalue weighted by molar-refractivity contribution is 6.30. The Kier molecular flexibility index (Phi) is 7.82. The van der Waals surface area contributed by atoms with Crippen LogP contribution >= 0.6 is 11.6 Å². The summed E-state index contributed by atoms with van der Waals surface area (Å²) >= 11 is 5.87. The van der Waals surface area contributed by atoms with Crippen molar-refractivity contribution in [2.45, 2.75) is 12.8 Å². The van der Waals surface area contributed by atoms with Gasteiger partial charge in [0.15, 0.2) is 0 Å². The van der Waals surface area contributed by atoms with Crippen molar-refractivity contribution in [3.63, 3.8) is 0 Å². The molecule has 2 aromatic rings. The van der Waals surface area contributed by atoms with Crippen LogP contribution in [0.1, 0.15) is 23.2 Å². The summed E-state index contributed by atoms with van der Waals surface area (Å²) in [6, 6.07) is 15.7. The summed E-state index contributed by atoms with van der Waals surface area (Å²) in [5.74, 6) is -0.631. The Morgan fingerprint density at radius 1 is 1.04 bits per heavy atom. The van der Waals surface area contributed by atoms with E-state index in [0.29, 0.717) is 29.2 Å². The Hall–Kier alpha value is -2.86. The van der Waals surface area contributed by atoms with Crippen molar-refractivity contribution < 1.29 is 14.4 Å². The van der Waals surface area contributed by atoms with Gasteiger partial charge >= 0.3 is 0 Å². The number of carbonyl (C=O) groups is 3. The van der Waals surface area contributed by atoms with E-state index in [1.165, 1.54) is 4.90 Å². The molecule has 0 bridgehead atoms. The predicted molar refractivity (Wildman–Crippen MR) is 106 cm³/mol. The Morgan fingerprint density at radius 2 is 1.78 bits per heavy atom. The van der Waals surface area contributed by atoms with Gasteiger partial charge in [-0.1, -0.05) is 35.9 Å². The van der Waals surface area contributed by atoms with Gasteiger partial charge in [0, 0.05) is 36.3 Å². The smallest absolute Gasteiger partial charge is 0.251 e. The van der Waals surface area contributed by atoms with Crippen molar-refractivity contribution in [2.75, 3.05) is 25.5 Å². The minimum Gasteiger partial charge on any atom is -0.352 e. The van der Waals surface area contributed by atoms with Gasteiger partial charge < -0.3 is 15.5 Å². The Bertz CT molecular complexity index is 796. The molecule has 0 fully saturated rings. The third-order valence-electron chi connectivity index (χ3n) is 3.80. The molecule has 7 heteroatoms. The van der Waals surface area contributed by atoms with Gasteiger partial charge in [-0.3, -0.25) is 14.4 Å². The van der Waals surface area contributed by atoms with Crippen LogP contribution in [0.4, 0.5) is 5.69 Å². The first kappa shape index (κ1) is 20.5. The van der Waals surface area contributed by atoms with Crippen LogP contribution in [0.5, 0.6) is 0 Å². The van der Waals surface area contributed by atoms with E-state index in [1.807, 2.05) is 6.07 Å². The molecule has 0 unspecified atom stereocenters. The highest BCUT2D eigenvalue weighted by Gasteiger charge is 2.13. The lowest BCUT2D eigenvalue weighted by Crippen LogP contribution is -2.35. The molecular weight excluding hydrogens is 366 g/mol. The molecule has 6 nitrogen and oxygen atoms in total. The summed E-state index contributed by atoms with van der Waals surface area (Å²) in [7, 11) is 1.57. The summed E-state index contributed by atoms with van der Waals surface area (Å²) in [6.45, 7) is 0.337. The maximum Gasteiger partial charge on any atom is 0.251 e. The maximum atomic E-state index is 12.1. The fourth-order valence-electron chi connectivity index (χ4n) is 2.39. The molecule has 3 amide bonds. The van der Waals surface area contributed by atoms with Gasteiger partial charge in [0.25, 0.3) is 5.91 Å². The number of anilines is 1. The van der Waals surface area contributed by atoms with Crippen molar-refractivity contribution in [3.8, 4) is 0 Å². The summed E-state index contributed by atoms with van der Waals surface area (Å²) in [6.07, 6.45) is 0.744. The third-order valence-corrected chi connectivity index (χ3v) is 4.04. The van der Waals surface area contributed by atoms with Gasteiger partial charge in [-0.15, -0.1) is 0 Å². The number of benzene rings is 2. The van der Waals surface area contributed by atoms with Crippen LogP contribution in [-0.4, -0.2) is 42.8 Å². The van der Waals surface area contributed by atoms with E-state index in [-0.39, 0.29) is 30.7 Å². The number of likely N-dealkylation sites (N-methyl/N-ethyl adjacent to an activating group) is 1. The number of nitrogens with zero attached hydrogens (tertiary/aromatic N) is 1. The lowest BCUT2D eigenvalue weighted by Gasteiger charge is -2.17. The van der Waals surface area contributed by atoms with E-state index in [4.69, 9.17) is 11.6 Å². The van der Waals surface area contributed by atoms with E-state index >= 15 is 0 Å². The SMILES string of the molecule is CN(CC(=O)Nc1cccc(Cl)c1)C(=O)CCCNC(=O)c1ccccc1. The van der Waals surface area contributed by atoms with Crippen molar-refractivity contribution in [3.05, 3.63) is 65.2 Å². The minimum absolute atomic E-state index is 0.0538. The zero-order valence-corrected chi connectivity index (χ0v) is 15.8. The first-order valence-electron chi connectivity index (χ1n) is 8.58. The number of carbonyl (C=O) groups excluding carboxylic acids is 3. The maximum absolute atomic E-state index is 12.1. The fraction of sp³-hybridized carbons (Fsp3) is 0.250. The molecule has 0 heterocycles. The zero-order chi connectivity index (χ0) is 19.6. The zero-order valence-electron chi connectivity index (χ0n) is 15.1. The van der Waals surface area contributed by atoms with Gasteiger partial charge in [0.2, 0.25) is 11.8 Å². The van der Waals surface area contributed by atoms with Gasteiger partial charge in [-0.05, 0) is 36.8 Å². The molecule has 0 aromatic heterocycles. The molecule has 0 radical (unpaired) electrons. The van der Waals surface area contributed by atoms with Crippen LogP contribution in [0, 0.1) is 0 Å². The molecule has 0 aliphatic carbocycles. The molecule has 0 aliphatic rings. The summed E-state index contributed by atoms with van der Waals surface area (Å²) < 4.78 is 0. The average Bonchev–Trinajstić information content (AvgIpc) is 2.65. The normalized spacial score (nSPS) is 10.1. The second-order valence-corrected chi connectivity index (χ2v) is 6.47. The topological polar surface area (TPSA) is 78.5 Å². The summed E-state index contributed by atoms with van der Waals surface area (Å²) in [4.78, 5) is 37.4. The number of hydrogen-bond acceptors (Lipinski definition) is 3. The van der Waals surface area contributed by atoms with Crippen molar-refractivity contribution in [1.29, 1.82) is 0 Å². The second-order valence-electron chi connectivity index (χ2n) is 6.03. The molecule has 0 saturated carbocycles. The molecule has 27 heavy (non-hydrogen) atoms. The van der Waals surface area contributed by atoms with Crippen LogP contribution in [-0.2, 0) is 9.59 Å². The van der Waals surface area contributed by atoms with Crippen LogP contribution in [0.25, 0.3) is 0 Å². The minimum atomic E-state index is -0.300. The van der Waals surface area contributed by atoms with Crippen LogP contribution in [0.15, 0.2) is 54.6 Å². The van der Waals surface area contributed by atoms with Crippen molar-refractivity contribution in [1.82, 2.24) is 10.2 Å². The number of rotatable bonds is 8. The number of amides is 3. The third kappa shape index (κ3) is 7.11. The molecule has 0 saturated heterocycles. The molecular formula is C20H22ClN3O3. The van der Waals surface area contributed by atoms with Crippen LogP contribution in [0.3, 0.4) is 0 Å². The first-order valence-corrected chi connectivity index (χ1v) is 8.96. The summed E-state index contributed by atoms with van der Waals surface area (Å²) in [5, 5.41) is 5.99. The lowest BCUT2D eigenvalue weighted by molar-refractivity contribution is -0.133. The predicted octanol–water partition coefficient (Wildman–Crippen LogP) is 2.95. The van der Waals surface area contributed by atoms with E-state index in [0.717, 1.165) is 0 Å². The van der Waals surface area contributed by atoms with E-state index in [1.54, 1.807) is 55.6 Å². The molecule has 0 spiro atoms. The average molecular weight is 388 g/mol.